The second-order valence-electron chi connectivity index (χ2n) is 3.28. The van der Waals surface area contributed by atoms with Crippen LogP contribution in [0.5, 0.6) is 0 Å². The van der Waals surface area contributed by atoms with Gasteiger partial charge >= 0.3 is 5.97 Å². The van der Waals surface area contributed by atoms with Crippen molar-refractivity contribution in [1.29, 1.82) is 0 Å². The van der Waals surface area contributed by atoms with Crippen LogP contribution in [0.3, 0.4) is 0 Å². The van der Waals surface area contributed by atoms with Crippen molar-refractivity contribution in [1.82, 2.24) is 4.98 Å². The van der Waals surface area contributed by atoms with E-state index in [0.717, 1.165) is 0 Å². The summed E-state index contributed by atoms with van der Waals surface area (Å²) in [5.41, 5.74) is 6.75. The van der Waals surface area contributed by atoms with E-state index in [1.807, 2.05) is 0 Å². The van der Waals surface area contributed by atoms with Gasteiger partial charge in [0, 0.05) is 16.5 Å². The molecule has 0 aliphatic heterocycles. The van der Waals surface area contributed by atoms with Crippen molar-refractivity contribution in [3.05, 3.63) is 35.5 Å². The Labute approximate surface area is 90.0 Å². The molecule has 6 heteroatoms. The van der Waals surface area contributed by atoms with Crippen molar-refractivity contribution in [3.8, 4) is 0 Å². The number of carboxylic acids is 1. The van der Waals surface area contributed by atoms with Gasteiger partial charge in [0.2, 0.25) is 0 Å². The van der Waals surface area contributed by atoms with Crippen LogP contribution in [0.4, 0.5) is 0 Å². The lowest BCUT2D eigenvalue weighted by molar-refractivity contribution is 0.0691. The number of aromatic nitrogens is 1. The summed E-state index contributed by atoms with van der Waals surface area (Å²) in [6, 6.07) is 6.45. The first kappa shape index (κ1) is 10.0. The number of nitrogens with two attached hydrogens (primary N) is 1. The van der Waals surface area contributed by atoms with Gasteiger partial charge in [0.05, 0.1) is 0 Å². The van der Waals surface area contributed by atoms with Crippen molar-refractivity contribution in [2.75, 3.05) is 0 Å². The zero-order valence-electron chi connectivity index (χ0n) is 8.14. The number of amidine groups is 1. The van der Waals surface area contributed by atoms with Crippen molar-refractivity contribution < 1.29 is 15.1 Å². The predicted molar refractivity (Wildman–Crippen MR) is 57.8 cm³/mol. The van der Waals surface area contributed by atoms with Gasteiger partial charge in [-0.1, -0.05) is 5.16 Å². The first-order valence-electron chi connectivity index (χ1n) is 4.46. The van der Waals surface area contributed by atoms with Crippen molar-refractivity contribution in [3.63, 3.8) is 0 Å². The SMILES string of the molecule is NC(=NO)c1ccc2[nH]c(C(=O)O)cc2c1. The van der Waals surface area contributed by atoms with Crippen molar-refractivity contribution in [2.24, 2.45) is 10.9 Å². The quantitative estimate of drug-likeness (QED) is 0.261. The van der Waals surface area contributed by atoms with E-state index in [4.69, 9.17) is 16.0 Å². The molecule has 0 fully saturated rings. The molecule has 1 aromatic heterocycles. The minimum atomic E-state index is -1.03. The maximum Gasteiger partial charge on any atom is 0.352 e. The molecule has 0 amide bonds. The van der Waals surface area contributed by atoms with Crippen molar-refractivity contribution >= 4 is 22.7 Å². The molecule has 0 spiro atoms. The molecule has 2 rings (SSSR count). The number of rotatable bonds is 2. The number of carbonyl (C=O) groups is 1. The van der Waals surface area contributed by atoms with Crippen LogP contribution in [-0.2, 0) is 0 Å². The van der Waals surface area contributed by atoms with E-state index >= 15 is 0 Å². The highest BCUT2D eigenvalue weighted by atomic mass is 16.4. The van der Waals surface area contributed by atoms with E-state index in [1.165, 1.54) is 6.07 Å². The summed E-state index contributed by atoms with van der Waals surface area (Å²) in [7, 11) is 0. The van der Waals surface area contributed by atoms with Crippen LogP contribution < -0.4 is 5.73 Å². The highest BCUT2D eigenvalue weighted by molar-refractivity contribution is 6.01. The molecule has 0 atom stereocenters. The molecule has 1 aromatic carbocycles. The van der Waals surface area contributed by atoms with E-state index in [2.05, 4.69) is 10.1 Å². The number of hydrogen-bond donors (Lipinski definition) is 4. The highest BCUT2D eigenvalue weighted by Crippen LogP contribution is 2.17. The van der Waals surface area contributed by atoms with Crippen LogP contribution in [-0.4, -0.2) is 27.1 Å². The van der Waals surface area contributed by atoms with Gasteiger partial charge in [-0.25, -0.2) is 4.79 Å². The van der Waals surface area contributed by atoms with E-state index in [0.29, 0.717) is 16.5 Å². The number of H-pyrrole nitrogens is 1. The standard InChI is InChI=1S/C10H9N3O3/c11-9(13-16)5-1-2-7-6(3-5)4-8(12-7)10(14)15/h1-4,12,16H,(H2,11,13)(H,14,15). The molecular weight excluding hydrogens is 210 g/mol. The molecule has 0 radical (unpaired) electrons. The Kier molecular flexibility index (Phi) is 2.24. The molecule has 2 aromatic rings. The van der Waals surface area contributed by atoms with Crippen LogP contribution in [0, 0.1) is 0 Å². The number of carboxylic acid groups (broad SMARTS) is 1. The van der Waals surface area contributed by atoms with Crippen molar-refractivity contribution in [2.45, 2.75) is 0 Å². The van der Waals surface area contributed by atoms with Crippen LogP contribution in [0.15, 0.2) is 29.4 Å². The summed E-state index contributed by atoms with van der Waals surface area (Å²) in [4.78, 5) is 13.5. The average molecular weight is 219 g/mol. The number of benzene rings is 1. The van der Waals surface area contributed by atoms with Gasteiger partial charge in [-0.05, 0) is 24.3 Å². The Balaban J connectivity index is 2.58. The number of nitrogens with one attached hydrogen (secondary N) is 1. The topological polar surface area (TPSA) is 112 Å². The van der Waals surface area contributed by atoms with Gasteiger partial charge in [0.1, 0.15) is 5.69 Å². The molecule has 82 valence electrons. The first-order valence-corrected chi connectivity index (χ1v) is 4.46. The molecule has 0 saturated heterocycles. The fraction of sp³-hybridized carbons (Fsp3) is 0. The number of hydrogen-bond acceptors (Lipinski definition) is 3. The maximum absolute atomic E-state index is 10.7. The highest BCUT2D eigenvalue weighted by Gasteiger charge is 2.08. The Morgan fingerprint density at radius 2 is 2.12 bits per heavy atom. The van der Waals surface area contributed by atoms with Gasteiger partial charge in [0.25, 0.3) is 0 Å². The number of aromatic amines is 1. The summed E-state index contributed by atoms with van der Waals surface area (Å²) >= 11 is 0. The second kappa shape index (κ2) is 3.58. The molecule has 6 nitrogen and oxygen atoms in total. The number of nitrogens with zero attached hydrogens (tertiary/aromatic N) is 1. The lowest BCUT2D eigenvalue weighted by Crippen LogP contribution is -2.12. The van der Waals surface area contributed by atoms with Gasteiger partial charge in [0.15, 0.2) is 5.84 Å². The molecule has 0 unspecified atom stereocenters. The first-order chi connectivity index (χ1) is 7.61. The van der Waals surface area contributed by atoms with Gasteiger partial charge in [-0.3, -0.25) is 0 Å². The molecule has 5 N–H and O–H groups in total. The monoisotopic (exact) mass is 219 g/mol. The molecule has 0 bridgehead atoms. The van der Waals surface area contributed by atoms with E-state index in [-0.39, 0.29) is 11.5 Å². The molecule has 0 saturated carbocycles. The van der Waals surface area contributed by atoms with Crippen LogP contribution in [0.25, 0.3) is 10.9 Å². The number of fused-ring (bicyclic) bond motifs is 1. The zero-order chi connectivity index (χ0) is 11.7. The smallest absolute Gasteiger partial charge is 0.352 e. The zero-order valence-corrected chi connectivity index (χ0v) is 8.14. The fourth-order valence-corrected chi connectivity index (χ4v) is 1.46. The number of oxime groups is 1. The molecule has 0 aliphatic rings. The molecule has 1 heterocycles. The predicted octanol–water partition coefficient (Wildman–Crippen LogP) is 0.961. The summed E-state index contributed by atoms with van der Waals surface area (Å²) in [6.45, 7) is 0. The molecule has 0 aliphatic carbocycles. The largest absolute Gasteiger partial charge is 0.477 e. The lowest BCUT2D eigenvalue weighted by atomic mass is 10.1. The van der Waals surface area contributed by atoms with E-state index in [9.17, 15) is 4.79 Å². The Morgan fingerprint density at radius 1 is 1.38 bits per heavy atom. The third kappa shape index (κ3) is 1.56. The maximum atomic E-state index is 10.7. The van der Waals surface area contributed by atoms with E-state index < -0.39 is 5.97 Å². The third-order valence-corrected chi connectivity index (χ3v) is 2.25. The third-order valence-electron chi connectivity index (χ3n) is 2.25. The van der Waals surface area contributed by atoms with Gasteiger partial charge < -0.3 is 21.0 Å². The van der Waals surface area contributed by atoms with Crippen LogP contribution in [0.1, 0.15) is 16.1 Å². The normalized spacial score (nSPS) is 11.9. The Bertz CT molecular complexity index is 586. The second-order valence-corrected chi connectivity index (χ2v) is 3.28. The fourth-order valence-electron chi connectivity index (χ4n) is 1.46. The molecular formula is C10H9N3O3. The van der Waals surface area contributed by atoms with E-state index in [1.54, 1.807) is 18.2 Å². The lowest BCUT2D eigenvalue weighted by Gasteiger charge is -1.97. The minimum Gasteiger partial charge on any atom is -0.477 e. The average Bonchev–Trinajstić information content (AvgIpc) is 2.70. The molecule has 16 heavy (non-hydrogen) atoms. The Morgan fingerprint density at radius 3 is 2.75 bits per heavy atom. The van der Waals surface area contributed by atoms with Gasteiger partial charge in [-0.2, -0.15) is 0 Å². The van der Waals surface area contributed by atoms with Crippen LogP contribution >= 0.6 is 0 Å². The summed E-state index contributed by atoms with van der Waals surface area (Å²) in [6.07, 6.45) is 0. The Hall–Kier alpha value is -2.50. The summed E-state index contributed by atoms with van der Waals surface area (Å²) in [5, 5.41) is 20.9. The summed E-state index contributed by atoms with van der Waals surface area (Å²) < 4.78 is 0. The van der Waals surface area contributed by atoms with Gasteiger partial charge in [-0.15, -0.1) is 0 Å². The van der Waals surface area contributed by atoms with Crippen LogP contribution in [0.2, 0.25) is 0 Å². The minimum absolute atomic E-state index is 0.0139. The summed E-state index contributed by atoms with van der Waals surface area (Å²) in [5.74, 6) is -1.04. The number of aromatic carboxylic acids is 1.